The summed E-state index contributed by atoms with van der Waals surface area (Å²) in [7, 11) is 0. The van der Waals surface area contributed by atoms with Crippen molar-refractivity contribution in [2.24, 2.45) is 0 Å². The van der Waals surface area contributed by atoms with Crippen molar-refractivity contribution >= 4 is 17.5 Å². The van der Waals surface area contributed by atoms with E-state index in [1.165, 1.54) is 6.20 Å². The van der Waals surface area contributed by atoms with Crippen LogP contribution in [0.25, 0.3) is 0 Å². The monoisotopic (exact) mass is 297 g/mol. The van der Waals surface area contributed by atoms with Gasteiger partial charge in [-0.2, -0.15) is 0 Å². The minimum atomic E-state index is -0.488. The first-order valence-corrected chi connectivity index (χ1v) is 7.38. The fraction of sp³-hybridized carbons (Fsp3) is 0.643. The number of carbonyl (C=O) groups is 1. The molecule has 1 amide bonds. The van der Waals surface area contributed by atoms with Crippen molar-refractivity contribution in [3.8, 4) is 0 Å². The first kappa shape index (κ1) is 15.2. The molecular formula is C14H20ClN3O2. The van der Waals surface area contributed by atoms with Crippen LogP contribution in [-0.2, 0) is 0 Å². The molecule has 1 aromatic rings. The molecule has 2 atom stereocenters. The quantitative estimate of drug-likeness (QED) is 0.897. The summed E-state index contributed by atoms with van der Waals surface area (Å²) >= 11 is 6.00. The molecule has 0 aromatic carbocycles. The summed E-state index contributed by atoms with van der Waals surface area (Å²) in [5.74, 6) is 0.369. The molecule has 2 unspecified atom stereocenters. The van der Waals surface area contributed by atoms with E-state index in [1.807, 2.05) is 13.8 Å². The Kier molecular flexibility index (Phi) is 4.94. The molecule has 2 rings (SSSR count). The van der Waals surface area contributed by atoms with Crippen molar-refractivity contribution < 1.29 is 9.90 Å². The standard InChI is InChI=1S/C14H20ClN3O2/c1-8(2)13-16-7-9(15)12(18-13)14(20)17-10-5-3-4-6-11(10)19/h7-8,10-11,19H,3-6H2,1-2H3,(H,17,20). The number of carbonyl (C=O) groups excluding carboxylic acids is 1. The molecule has 1 aromatic heterocycles. The Bertz CT molecular complexity index is 493. The van der Waals surface area contributed by atoms with E-state index in [1.54, 1.807) is 0 Å². The highest BCUT2D eigenvalue weighted by Gasteiger charge is 2.26. The molecule has 0 spiro atoms. The van der Waals surface area contributed by atoms with E-state index in [2.05, 4.69) is 15.3 Å². The first-order chi connectivity index (χ1) is 9.49. The number of halogens is 1. The summed E-state index contributed by atoms with van der Waals surface area (Å²) in [5.41, 5.74) is 0.183. The van der Waals surface area contributed by atoms with Crippen LogP contribution >= 0.6 is 11.6 Å². The van der Waals surface area contributed by atoms with E-state index >= 15 is 0 Å². The molecule has 0 aliphatic heterocycles. The lowest BCUT2D eigenvalue weighted by Crippen LogP contribution is -2.45. The van der Waals surface area contributed by atoms with Crippen LogP contribution in [0.1, 0.15) is 61.8 Å². The van der Waals surface area contributed by atoms with Crippen molar-refractivity contribution in [2.75, 3.05) is 0 Å². The minimum Gasteiger partial charge on any atom is -0.391 e. The number of aliphatic hydroxyl groups excluding tert-OH is 1. The number of nitrogens with one attached hydrogen (secondary N) is 1. The van der Waals surface area contributed by atoms with Gasteiger partial charge in [0, 0.05) is 5.92 Å². The summed E-state index contributed by atoms with van der Waals surface area (Å²) in [5, 5.41) is 13.0. The Labute approximate surface area is 123 Å². The lowest BCUT2D eigenvalue weighted by Gasteiger charge is -2.28. The summed E-state index contributed by atoms with van der Waals surface area (Å²) < 4.78 is 0. The maximum atomic E-state index is 12.3. The van der Waals surface area contributed by atoms with Gasteiger partial charge in [0.05, 0.1) is 23.4 Å². The largest absolute Gasteiger partial charge is 0.391 e. The molecule has 5 nitrogen and oxygen atoms in total. The van der Waals surface area contributed by atoms with E-state index in [0.717, 1.165) is 25.7 Å². The molecule has 6 heteroatoms. The topological polar surface area (TPSA) is 75.1 Å². The van der Waals surface area contributed by atoms with Crippen molar-refractivity contribution in [3.05, 3.63) is 22.7 Å². The van der Waals surface area contributed by atoms with E-state index in [9.17, 15) is 9.90 Å². The Hall–Kier alpha value is -1.20. The van der Waals surface area contributed by atoms with Crippen LogP contribution in [-0.4, -0.2) is 33.1 Å². The second kappa shape index (κ2) is 6.50. The second-order valence-electron chi connectivity index (χ2n) is 5.51. The van der Waals surface area contributed by atoms with Gasteiger partial charge in [-0.1, -0.05) is 38.3 Å². The van der Waals surface area contributed by atoms with Crippen LogP contribution in [0.15, 0.2) is 6.20 Å². The Morgan fingerprint density at radius 2 is 2.15 bits per heavy atom. The molecule has 1 aliphatic carbocycles. The Morgan fingerprint density at radius 3 is 2.80 bits per heavy atom. The van der Waals surface area contributed by atoms with Crippen LogP contribution in [0, 0.1) is 0 Å². The zero-order valence-electron chi connectivity index (χ0n) is 11.8. The summed E-state index contributed by atoms with van der Waals surface area (Å²) in [6.07, 6.45) is 4.48. The highest BCUT2D eigenvalue weighted by atomic mass is 35.5. The van der Waals surface area contributed by atoms with Crippen LogP contribution < -0.4 is 5.32 Å². The van der Waals surface area contributed by atoms with Crippen molar-refractivity contribution in [1.29, 1.82) is 0 Å². The van der Waals surface area contributed by atoms with Gasteiger partial charge in [-0.15, -0.1) is 0 Å². The molecule has 0 bridgehead atoms. The maximum Gasteiger partial charge on any atom is 0.271 e. The van der Waals surface area contributed by atoms with Gasteiger partial charge in [0.15, 0.2) is 0 Å². The number of rotatable bonds is 3. The summed E-state index contributed by atoms with van der Waals surface area (Å²) in [6, 6.07) is -0.218. The third-order valence-corrected chi connectivity index (χ3v) is 3.82. The minimum absolute atomic E-state index is 0.124. The van der Waals surface area contributed by atoms with Gasteiger partial charge in [0.2, 0.25) is 0 Å². The first-order valence-electron chi connectivity index (χ1n) is 7.00. The highest BCUT2D eigenvalue weighted by molar-refractivity contribution is 6.33. The third kappa shape index (κ3) is 3.46. The number of hydrogen-bond donors (Lipinski definition) is 2. The predicted octanol–water partition coefficient (Wildman–Crippen LogP) is 2.29. The van der Waals surface area contributed by atoms with Crippen LogP contribution in [0.5, 0.6) is 0 Å². The molecule has 1 saturated carbocycles. The van der Waals surface area contributed by atoms with Gasteiger partial charge in [0.25, 0.3) is 5.91 Å². The van der Waals surface area contributed by atoms with E-state index in [-0.39, 0.29) is 28.6 Å². The average Bonchev–Trinajstić information content (AvgIpc) is 2.41. The van der Waals surface area contributed by atoms with Crippen molar-refractivity contribution in [1.82, 2.24) is 15.3 Å². The molecule has 1 fully saturated rings. The van der Waals surface area contributed by atoms with Gasteiger partial charge in [-0.3, -0.25) is 4.79 Å². The molecular weight excluding hydrogens is 278 g/mol. The Balaban J connectivity index is 2.14. The normalized spacial score (nSPS) is 22.9. The van der Waals surface area contributed by atoms with Gasteiger partial charge in [-0.05, 0) is 12.8 Å². The molecule has 20 heavy (non-hydrogen) atoms. The molecule has 1 heterocycles. The fourth-order valence-electron chi connectivity index (χ4n) is 2.33. The van der Waals surface area contributed by atoms with Crippen LogP contribution in [0.2, 0.25) is 5.02 Å². The van der Waals surface area contributed by atoms with Gasteiger partial charge in [-0.25, -0.2) is 9.97 Å². The van der Waals surface area contributed by atoms with E-state index in [4.69, 9.17) is 11.6 Å². The predicted molar refractivity (Wildman–Crippen MR) is 76.9 cm³/mol. The lowest BCUT2D eigenvalue weighted by molar-refractivity contribution is 0.0713. The van der Waals surface area contributed by atoms with Crippen LogP contribution in [0.4, 0.5) is 0 Å². The summed E-state index contributed by atoms with van der Waals surface area (Å²) in [4.78, 5) is 20.6. The zero-order valence-corrected chi connectivity index (χ0v) is 12.5. The van der Waals surface area contributed by atoms with Gasteiger partial charge < -0.3 is 10.4 Å². The van der Waals surface area contributed by atoms with Crippen molar-refractivity contribution in [2.45, 2.75) is 57.6 Å². The van der Waals surface area contributed by atoms with Gasteiger partial charge >= 0.3 is 0 Å². The molecule has 110 valence electrons. The molecule has 0 radical (unpaired) electrons. The summed E-state index contributed by atoms with van der Waals surface area (Å²) in [6.45, 7) is 3.91. The lowest BCUT2D eigenvalue weighted by atomic mass is 9.92. The number of aromatic nitrogens is 2. The average molecular weight is 298 g/mol. The third-order valence-electron chi connectivity index (χ3n) is 3.54. The van der Waals surface area contributed by atoms with Crippen LogP contribution in [0.3, 0.4) is 0 Å². The maximum absolute atomic E-state index is 12.3. The number of nitrogens with zero attached hydrogens (tertiary/aromatic N) is 2. The fourth-order valence-corrected chi connectivity index (χ4v) is 2.51. The number of hydrogen-bond acceptors (Lipinski definition) is 4. The SMILES string of the molecule is CC(C)c1ncc(Cl)c(C(=O)NC2CCCCC2O)n1. The number of aliphatic hydroxyl groups is 1. The zero-order chi connectivity index (χ0) is 14.7. The molecule has 2 N–H and O–H groups in total. The van der Waals surface area contributed by atoms with E-state index < -0.39 is 6.10 Å². The van der Waals surface area contributed by atoms with Gasteiger partial charge in [0.1, 0.15) is 11.5 Å². The number of amides is 1. The molecule has 0 saturated heterocycles. The highest BCUT2D eigenvalue weighted by Crippen LogP contribution is 2.20. The molecule has 1 aliphatic rings. The van der Waals surface area contributed by atoms with Crippen molar-refractivity contribution in [3.63, 3.8) is 0 Å². The Morgan fingerprint density at radius 1 is 1.45 bits per heavy atom. The van der Waals surface area contributed by atoms with E-state index in [0.29, 0.717) is 5.82 Å². The second-order valence-corrected chi connectivity index (χ2v) is 5.92. The smallest absolute Gasteiger partial charge is 0.271 e.